The van der Waals surface area contributed by atoms with Gasteiger partial charge in [-0.05, 0) is 57.0 Å². The zero-order valence-corrected chi connectivity index (χ0v) is 10.9. The maximum Gasteiger partial charge on any atom is 0.0604 e. The Morgan fingerprint density at radius 3 is 2.29 bits per heavy atom. The van der Waals surface area contributed by atoms with E-state index in [1.54, 1.807) is 0 Å². The lowest BCUT2D eigenvalue weighted by atomic mass is 10.3. The Morgan fingerprint density at radius 2 is 1.79 bits per heavy atom. The minimum atomic E-state index is 0.699. The zero-order chi connectivity index (χ0) is 10.6. The predicted molar refractivity (Wildman–Crippen MR) is 68.4 cm³/mol. The van der Waals surface area contributed by atoms with E-state index in [0.29, 0.717) is 6.54 Å². The molecule has 0 aliphatic carbocycles. The highest BCUT2D eigenvalue weighted by Crippen LogP contribution is 2.31. The topological polar surface area (TPSA) is 64.1 Å². The van der Waals surface area contributed by atoms with Crippen LogP contribution in [-0.4, -0.2) is 13.1 Å². The molecule has 0 unspecified atom stereocenters. The second-order valence-electron chi connectivity index (χ2n) is 2.92. The molecular weight excluding hydrogens is 310 g/mol. The van der Waals surface area contributed by atoms with Gasteiger partial charge < -0.3 is 16.8 Å². The molecule has 1 rings (SSSR count). The predicted octanol–water partition coefficient (Wildman–Crippen LogP) is 2.55. The van der Waals surface area contributed by atoms with Crippen LogP contribution in [0.3, 0.4) is 0 Å². The summed E-state index contributed by atoms with van der Waals surface area (Å²) in [5.41, 5.74) is 12.9. The fraction of sp³-hybridized carbons (Fsp3) is 0.333. The van der Waals surface area contributed by atoms with E-state index in [0.717, 1.165) is 33.3 Å². The molecule has 0 atom stereocenters. The Balaban J connectivity index is 2.69. The third-order valence-electron chi connectivity index (χ3n) is 1.79. The molecule has 78 valence electrons. The number of hydrogen-bond acceptors (Lipinski definition) is 3. The van der Waals surface area contributed by atoms with Gasteiger partial charge in [0.15, 0.2) is 0 Å². The summed E-state index contributed by atoms with van der Waals surface area (Å²) >= 11 is 6.77. The van der Waals surface area contributed by atoms with Crippen LogP contribution in [0.4, 0.5) is 11.4 Å². The molecule has 1 aromatic carbocycles. The van der Waals surface area contributed by atoms with Gasteiger partial charge in [0.1, 0.15) is 0 Å². The van der Waals surface area contributed by atoms with E-state index in [1.165, 1.54) is 0 Å². The number of hydrogen-bond donors (Lipinski definition) is 3. The number of benzene rings is 1. The monoisotopic (exact) mass is 321 g/mol. The van der Waals surface area contributed by atoms with Gasteiger partial charge in [-0.2, -0.15) is 0 Å². The standard InChI is InChI=1S/C9H13Br2N3/c10-7-4-6(14-3-1-2-12)5-8(11)9(7)13/h4-5,14H,1-3,12-13H2. The van der Waals surface area contributed by atoms with Crippen molar-refractivity contribution in [2.45, 2.75) is 6.42 Å². The summed E-state index contributed by atoms with van der Waals surface area (Å²) in [6.07, 6.45) is 0.958. The van der Waals surface area contributed by atoms with Crippen molar-refractivity contribution >= 4 is 43.2 Å². The molecule has 0 radical (unpaired) electrons. The normalized spacial score (nSPS) is 10.2. The molecular formula is C9H13Br2N3. The highest BCUT2D eigenvalue weighted by Gasteiger charge is 2.03. The summed E-state index contributed by atoms with van der Waals surface area (Å²) < 4.78 is 1.78. The SMILES string of the molecule is NCCCNc1cc(Br)c(N)c(Br)c1. The summed E-state index contributed by atoms with van der Waals surface area (Å²) in [7, 11) is 0. The molecule has 14 heavy (non-hydrogen) atoms. The van der Waals surface area contributed by atoms with E-state index in [4.69, 9.17) is 11.5 Å². The molecule has 0 bridgehead atoms. The maximum atomic E-state index is 5.76. The van der Waals surface area contributed by atoms with Gasteiger partial charge in [-0.15, -0.1) is 0 Å². The lowest BCUT2D eigenvalue weighted by Gasteiger charge is -2.08. The summed E-state index contributed by atoms with van der Waals surface area (Å²) in [6.45, 7) is 1.57. The van der Waals surface area contributed by atoms with Crippen molar-refractivity contribution in [1.82, 2.24) is 0 Å². The smallest absolute Gasteiger partial charge is 0.0604 e. The van der Waals surface area contributed by atoms with E-state index in [9.17, 15) is 0 Å². The number of nitrogen functional groups attached to an aromatic ring is 1. The minimum absolute atomic E-state index is 0.699. The van der Waals surface area contributed by atoms with Gasteiger partial charge in [0.25, 0.3) is 0 Å². The lowest BCUT2D eigenvalue weighted by molar-refractivity contribution is 0.874. The third-order valence-corrected chi connectivity index (χ3v) is 3.10. The van der Waals surface area contributed by atoms with Crippen LogP contribution >= 0.6 is 31.9 Å². The van der Waals surface area contributed by atoms with Crippen LogP contribution in [0.1, 0.15) is 6.42 Å². The van der Waals surface area contributed by atoms with Crippen molar-refractivity contribution in [3.8, 4) is 0 Å². The number of halogens is 2. The Labute approximate surface area is 100 Å². The highest BCUT2D eigenvalue weighted by atomic mass is 79.9. The first-order valence-corrected chi connectivity index (χ1v) is 5.92. The molecule has 5 N–H and O–H groups in total. The van der Waals surface area contributed by atoms with Gasteiger partial charge in [0, 0.05) is 21.2 Å². The van der Waals surface area contributed by atoms with E-state index in [2.05, 4.69) is 37.2 Å². The first-order chi connectivity index (χ1) is 6.65. The second-order valence-corrected chi connectivity index (χ2v) is 4.63. The van der Waals surface area contributed by atoms with Crippen LogP contribution in [0.25, 0.3) is 0 Å². The van der Waals surface area contributed by atoms with Gasteiger partial charge in [-0.25, -0.2) is 0 Å². The summed E-state index contributed by atoms with van der Waals surface area (Å²) in [4.78, 5) is 0. The van der Waals surface area contributed by atoms with Gasteiger partial charge >= 0.3 is 0 Å². The Morgan fingerprint density at radius 1 is 1.21 bits per heavy atom. The molecule has 0 aliphatic heterocycles. The Kier molecular flexibility index (Phi) is 4.71. The number of nitrogens with one attached hydrogen (secondary N) is 1. The molecule has 0 spiro atoms. The first kappa shape index (κ1) is 11.8. The average molecular weight is 323 g/mol. The summed E-state index contributed by atoms with van der Waals surface area (Å²) in [5.74, 6) is 0. The molecule has 1 aromatic rings. The number of nitrogens with two attached hydrogens (primary N) is 2. The van der Waals surface area contributed by atoms with Crippen molar-refractivity contribution in [3.63, 3.8) is 0 Å². The molecule has 0 aliphatic rings. The second kappa shape index (κ2) is 5.58. The molecule has 0 aromatic heterocycles. The molecule has 5 heteroatoms. The number of anilines is 2. The summed E-state index contributed by atoms with van der Waals surface area (Å²) in [5, 5.41) is 3.26. The number of rotatable bonds is 4. The fourth-order valence-corrected chi connectivity index (χ4v) is 2.21. The maximum absolute atomic E-state index is 5.76. The Hall–Kier alpha value is -0.260. The third kappa shape index (κ3) is 3.15. The lowest BCUT2D eigenvalue weighted by Crippen LogP contribution is -2.08. The van der Waals surface area contributed by atoms with Gasteiger partial charge in [0.05, 0.1) is 5.69 Å². The van der Waals surface area contributed by atoms with Crippen LogP contribution in [-0.2, 0) is 0 Å². The van der Waals surface area contributed by atoms with Crippen molar-refractivity contribution in [1.29, 1.82) is 0 Å². The van der Waals surface area contributed by atoms with Crippen molar-refractivity contribution in [2.75, 3.05) is 24.1 Å². The molecule has 0 heterocycles. The van der Waals surface area contributed by atoms with Gasteiger partial charge in [0.2, 0.25) is 0 Å². The van der Waals surface area contributed by atoms with Gasteiger partial charge in [-0.3, -0.25) is 0 Å². The summed E-state index contributed by atoms with van der Waals surface area (Å²) in [6, 6.07) is 3.91. The molecule has 3 nitrogen and oxygen atoms in total. The van der Waals surface area contributed by atoms with Crippen LogP contribution < -0.4 is 16.8 Å². The molecule has 0 saturated carbocycles. The van der Waals surface area contributed by atoms with Gasteiger partial charge in [-0.1, -0.05) is 0 Å². The van der Waals surface area contributed by atoms with Crippen molar-refractivity contribution < 1.29 is 0 Å². The Bertz CT molecular complexity index is 292. The molecule has 0 saturated heterocycles. The largest absolute Gasteiger partial charge is 0.397 e. The highest BCUT2D eigenvalue weighted by molar-refractivity contribution is 9.11. The van der Waals surface area contributed by atoms with E-state index < -0.39 is 0 Å². The van der Waals surface area contributed by atoms with E-state index >= 15 is 0 Å². The first-order valence-electron chi connectivity index (χ1n) is 4.33. The van der Waals surface area contributed by atoms with Crippen LogP contribution in [0.15, 0.2) is 21.1 Å². The zero-order valence-electron chi connectivity index (χ0n) is 7.69. The van der Waals surface area contributed by atoms with Crippen LogP contribution in [0.5, 0.6) is 0 Å². The van der Waals surface area contributed by atoms with E-state index in [-0.39, 0.29) is 0 Å². The van der Waals surface area contributed by atoms with Crippen LogP contribution in [0.2, 0.25) is 0 Å². The average Bonchev–Trinajstić information content (AvgIpc) is 2.14. The van der Waals surface area contributed by atoms with Crippen molar-refractivity contribution in [2.24, 2.45) is 5.73 Å². The van der Waals surface area contributed by atoms with Crippen molar-refractivity contribution in [3.05, 3.63) is 21.1 Å². The van der Waals surface area contributed by atoms with Crippen LogP contribution in [0, 0.1) is 0 Å². The quantitative estimate of drug-likeness (QED) is 0.589. The molecule has 0 fully saturated rings. The van der Waals surface area contributed by atoms with E-state index in [1.807, 2.05) is 12.1 Å². The fourth-order valence-electron chi connectivity index (χ4n) is 1.02. The minimum Gasteiger partial charge on any atom is -0.397 e. The molecule has 0 amide bonds.